The summed E-state index contributed by atoms with van der Waals surface area (Å²) in [6, 6.07) is 0. The monoisotopic (exact) mass is 138 g/mol. The van der Waals surface area contributed by atoms with Crippen LogP contribution in [0.15, 0.2) is 29.3 Å². The van der Waals surface area contributed by atoms with Gasteiger partial charge in [0.15, 0.2) is 0 Å². The molecular formula is C8H14N2. The summed E-state index contributed by atoms with van der Waals surface area (Å²) < 4.78 is 0. The molecule has 0 fully saturated rings. The number of rotatable bonds is 4. The van der Waals surface area contributed by atoms with Crippen molar-refractivity contribution in [1.29, 1.82) is 0 Å². The summed E-state index contributed by atoms with van der Waals surface area (Å²) in [5.74, 6) is 0. The second-order valence-electron chi connectivity index (χ2n) is 1.75. The van der Waals surface area contributed by atoms with Crippen molar-refractivity contribution in [1.82, 2.24) is 0 Å². The van der Waals surface area contributed by atoms with E-state index in [2.05, 4.69) is 4.99 Å². The summed E-state index contributed by atoms with van der Waals surface area (Å²) in [6.45, 7) is 3.30. The molecule has 0 spiro atoms. The zero-order chi connectivity index (χ0) is 7.66. The van der Waals surface area contributed by atoms with E-state index in [1.807, 2.05) is 31.2 Å². The lowest BCUT2D eigenvalue weighted by atomic mass is 10.4. The van der Waals surface area contributed by atoms with Crippen molar-refractivity contribution in [3.8, 4) is 0 Å². The van der Waals surface area contributed by atoms with Gasteiger partial charge in [-0.15, -0.1) is 0 Å². The first-order valence-electron chi connectivity index (χ1n) is 3.39. The minimum absolute atomic E-state index is 0.619. The van der Waals surface area contributed by atoms with Crippen LogP contribution in [0.1, 0.15) is 6.92 Å². The minimum Gasteiger partial charge on any atom is -0.329 e. The largest absolute Gasteiger partial charge is 0.329 e. The second-order valence-corrected chi connectivity index (χ2v) is 1.75. The van der Waals surface area contributed by atoms with Crippen molar-refractivity contribution in [3.63, 3.8) is 0 Å². The number of allylic oxidation sites excluding steroid dienone is 4. The third kappa shape index (κ3) is 7.11. The van der Waals surface area contributed by atoms with Gasteiger partial charge in [-0.2, -0.15) is 0 Å². The Hall–Kier alpha value is -0.890. The highest BCUT2D eigenvalue weighted by Crippen LogP contribution is 1.73. The highest BCUT2D eigenvalue weighted by Gasteiger charge is 1.67. The Labute approximate surface area is 62.1 Å². The van der Waals surface area contributed by atoms with Gasteiger partial charge in [-0.05, 0) is 13.0 Å². The fourth-order valence-corrected chi connectivity index (χ4v) is 0.435. The third-order valence-corrected chi connectivity index (χ3v) is 0.864. The highest BCUT2D eigenvalue weighted by molar-refractivity contribution is 5.71. The van der Waals surface area contributed by atoms with Gasteiger partial charge in [0, 0.05) is 12.8 Å². The van der Waals surface area contributed by atoms with Crippen molar-refractivity contribution in [2.24, 2.45) is 10.7 Å². The average molecular weight is 138 g/mol. The van der Waals surface area contributed by atoms with Crippen LogP contribution in [0.4, 0.5) is 0 Å². The number of nitrogens with zero attached hydrogens (tertiary/aromatic N) is 1. The molecule has 0 aliphatic carbocycles. The van der Waals surface area contributed by atoms with Gasteiger partial charge in [0.25, 0.3) is 0 Å². The fraction of sp³-hybridized carbons (Fsp3) is 0.375. The molecule has 0 saturated carbocycles. The molecule has 0 heterocycles. The summed E-state index contributed by atoms with van der Waals surface area (Å²) in [5, 5.41) is 0. The minimum atomic E-state index is 0.619. The Morgan fingerprint density at radius 1 is 1.30 bits per heavy atom. The molecule has 2 nitrogen and oxygen atoms in total. The number of hydrogen-bond donors (Lipinski definition) is 1. The van der Waals surface area contributed by atoms with E-state index in [-0.39, 0.29) is 0 Å². The number of nitrogens with two attached hydrogens (primary N) is 1. The maximum atomic E-state index is 5.22. The first kappa shape index (κ1) is 9.11. The molecule has 0 aromatic rings. The molecule has 0 radical (unpaired) electrons. The summed E-state index contributed by atoms with van der Waals surface area (Å²) in [5.41, 5.74) is 5.22. The van der Waals surface area contributed by atoms with Crippen LogP contribution >= 0.6 is 0 Å². The standard InChI is InChI=1S/C8H14N2/c1-2-3-4-5-7-10-8-6-9/h2-5,7H,6,8-9H2,1H3/b3-2-,5-4-,10-7?. The Balaban J connectivity index is 3.32. The predicted octanol–water partition coefficient (Wildman–Crippen LogP) is 1.15. The van der Waals surface area contributed by atoms with Gasteiger partial charge >= 0.3 is 0 Å². The van der Waals surface area contributed by atoms with Gasteiger partial charge in [0.05, 0.1) is 6.54 Å². The van der Waals surface area contributed by atoms with Crippen LogP contribution in [-0.2, 0) is 0 Å². The Morgan fingerprint density at radius 3 is 2.70 bits per heavy atom. The summed E-state index contributed by atoms with van der Waals surface area (Å²) in [4.78, 5) is 3.99. The van der Waals surface area contributed by atoms with E-state index in [1.165, 1.54) is 0 Å². The number of hydrogen-bond acceptors (Lipinski definition) is 2. The number of aliphatic imine (C=N–C) groups is 1. The SMILES string of the molecule is C/C=C\C=C/C=NCCN. The molecule has 0 bridgehead atoms. The molecule has 0 aliphatic heterocycles. The molecule has 10 heavy (non-hydrogen) atoms. The van der Waals surface area contributed by atoms with Crippen molar-refractivity contribution < 1.29 is 0 Å². The van der Waals surface area contributed by atoms with Crippen LogP contribution in [0, 0.1) is 0 Å². The Morgan fingerprint density at radius 2 is 2.10 bits per heavy atom. The van der Waals surface area contributed by atoms with E-state index in [0.717, 1.165) is 0 Å². The lowest BCUT2D eigenvalue weighted by Crippen LogP contribution is -2.01. The molecule has 0 saturated heterocycles. The normalized spacial score (nSPS) is 12.6. The van der Waals surface area contributed by atoms with Gasteiger partial charge < -0.3 is 5.73 Å². The topological polar surface area (TPSA) is 38.4 Å². The van der Waals surface area contributed by atoms with Gasteiger partial charge in [-0.1, -0.05) is 18.2 Å². The third-order valence-electron chi connectivity index (χ3n) is 0.864. The zero-order valence-corrected chi connectivity index (χ0v) is 6.33. The maximum Gasteiger partial charge on any atom is 0.0511 e. The molecule has 2 heteroatoms. The Kier molecular flexibility index (Phi) is 7.39. The molecule has 0 rings (SSSR count). The van der Waals surface area contributed by atoms with Crippen molar-refractivity contribution >= 4 is 6.21 Å². The van der Waals surface area contributed by atoms with Crippen LogP contribution in [0.3, 0.4) is 0 Å². The van der Waals surface area contributed by atoms with E-state index in [9.17, 15) is 0 Å². The van der Waals surface area contributed by atoms with Gasteiger partial charge in [-0.3, -0.25) is 4.99 Å². The molecule has 0 atom stereocenters. The summed E-state index contributed by atoms with van der Waals surface area (Å²) >= 11 is 0. The van der Waals surface area contributed by atoms with E-state index in [1.54, 1.807) is 6.21 Å². The average Bonchev–Trinajstić information content (AvgIpc) is 1.97. The van der Waals surface area contributed by atoms with E-state index in [0.29, 0.717) is 13.1 Å². The van der Waals surface area contributed by atoms with Crippen LogP contribution in [0.5, 0.6) is 0 Å². The molecule has 2 N–H and O–H groups in total. The van der Waals surface area contributed by atoms with Crippen molar-refractivity contribution in [3.05, 3.63) is 24.3 Å². The predicted molar refractivity (Wildman–Crippen MR) is 46.4 cm³/mol. The Bertz CT molecular complexity index is 134. The summed E-state index contributed by atoms with van der Waals surface area (Å²) in [7, 11) is 0. The zero-order valence-electron chi connectivity index (χ0n) is 6.33. The molecule has 0 aromatic carbocycles. The van der Waals surface area contributed by atoms with Crippen LogP contribution in [0.2, 0.25) is 0 Å². The molecule has 0 aliphatic rings. The first-order chi connectivity index (χ1) is 4.91. The van der Waals surface area contributed by atoms with Crippen molar-refractivity contribution in [2.75, 3.05) is 13.1 Å². The maximum absolute atomic E-state index is 5.22. The molecule has 0 unspecified atom stereocenters. The van der Waals surface area contributed by atoms with Gasteiger partial charge in [0.2, 0.25) is 0 Å². The lowest BCUT2D eigenvalue weighted by Gasteiger charge is -1.80. The van der Waals surface area contributed by atoms with Crippen LogP contribution in [-0.4, -0.2) is 19.3 Å². The quantitative estimate of drug-likeness (QED) is 0.459. The highest BCUT2D eigenvalue weighted by atomic mass is 14.7. The van der Waals surface area contributed by atoms with E-state index >= 15 is 0 Å². The molecule has 0 amide bonds. The summed E-state index contributed by atoms with van der Waals surface area (Å²) in [6.07, 6.45) is 9.49. The lowest BCUT2D eigenvalue weighted by molar-refractivity contribution is 0.981. The molecule has 56 valence electrons. The second kappa shape index (κ2) is 8.11. The smallest absolute Gasteiger partial charge is 0.0511 e. The first-order valence-corrected chi connectivity index (χ1v) is 3.39. The van der Waals surface area contributed by atoms with Crippen LogP contribution < -0.4 is 5.73 Å². The van der Waals surface area contributed by atoms with Gasteiger partial charge in [-0.25, -0.2) is 0 Å². The van der Waals surface area contributed by atoms with E-state index < -0.39 is 0 Å². The molecular weight excluding hydrogens is 124 g/mol. The fourth-order valence-electron chi connectivity index (χ4n) is 0.435. The molecule has 0 aromatic heterocycles. The van der Waals surface area contributed by atoms with Crippen LogP contribution in [0.25, 0.3) is 0 Å². The van der Waals surface area contributed by atoms with Gasteiger partial charge in [0.1, 0.15) is 0 Å². The van der Waals surface area contributed by atoms with E-state index in [4.69, 9.17) is 5.73 Å². The van der Waals surface area contributed by atoms with Crippen molar-refractivity contribution in [2.45, 2.75) is 6.92 Å².